The van der Waals surface area contributed by atoms with Gasteiger partial charge in [0, 0.05) is 5.56 Å². The second-order valence-electron chi connectivity index (χ2n) is 5.20. The Hall–Kier alpha value is -3.40. The topological polar surface area (TPSA) is 57.6 Å². The first-order chi connectivity index (χ1) is 11.7. The number of amides is 2. The Kier molecular flexibility index (Phi) is 4.38. The van der Waals surface area contributed by atoms with Crippen molar-refractivity contribution in [3.05, 3.63) is 90.5 Å². The van der Waals surface area contributed by atoms with Gasteiger partial charge in [-0.15, -0.1) is 0 Å². The van der Waals surface area contributed by atoms with E-state index in [4.69, 9.17) is 0 Å². The molecule has 3 aromatic carbocycles. The van der Waals surface area contributed by atoms with Crippen molar-refractivity contribution in [2.24, 2.45) is 0 Å². The maximum absolute atomic E-state index is 12.5. The summed E-state index contributed by atoms with van der Waals surface area (Å²) in [6.07, 6.45) is -1.31. The molecule has 4 heteroatoms. The zero-order valence-corrected chi connectivity index (χ0v) is 12.8. The normalized spacial score (nSPS) is 10.2. The van der Waals surface area contributed by atoms with E-state index in [9.17, 15) is 14.7 Å². The fourth-order valence-corrected chi connectivity index (χ4v) is 2.46. The molecule has 0 bridgehead atoms. The highest BCUT2D eigenvalue weighted by molar-refractivity contribution is 6.18. The zero-order chi connectivity index (χ0) is 16.9. The number of anilines is 1. The molecule has 0 aromatic heterocycles. The molecule has 0 aliphatic rings. The standard InChI is InChI=1S/C20H15NO3/c22-19(17-9-5-2-6-10-17)21(20(23)24)18-13-11-16(12-14-18)15-7-3-1-4-8-15/h1-14H,(H,23,24). The maximum Gasteiger partial charge on any atom is 0.419 e. The lowest BCUT2D eigenvalue weighted by Gasteiger charge is -2.18. The minimum Gasteiger partial charge on any atom is -0.464 e. The molecule has 24 heavy (non-hydrogen) atoms. The van der Waals surface area contributed by atoms with Gasteiger partial charge in [-0.05, 0) is 35.4 Å². The van der Waals surface area contributed by atoms with Gasteiger partial charge in [0.15, 0.2) is 0 Å². The van der Waals surface area contributed by atoms with Crippen LogP contribution in [0.4, 0.5) is 10.5 Å². The highest BCUT2D eigenvalue weighted by Gasteiger charge is 2.24. The summed E-state index contributed by atoms with van der Waals surface area (Å²) >= 11 is 0. The van der Waals surface area contributed by atoms with Crippen LogP contribution < -0.4 is 4.90 Å². The summed E-state index contributed by atoms with van der Waals surface area (Å²) in [6, 6.07) is 25.0. The van der Waals surface area contributed by atoms with Crippen molar-refractivity contribution in [2.75, 3.05) is 4.90 Å². The summed E-state index contributed by atoms with van der Waals surface area (Å²) in [4.78, 5) is 24.8. The van der Waals surface area contributed by atoms with E-state index in [1.54, 1.807) is 54.6 Å². The van der Waals surface area contributed by atoms with Crippen LogP contribution in [0.3, 0.4) is 0 Å². The molecular weight excluding hydrogens is 302 g/mol. The minimum absolute atomic E-state index is 0.316. The summed E-state index contributed by atoms with van der Waals surface area (Å²) in [6.45, 7) is 0. The van der Waals surface area contributed by atoms with Crippen molar-refractivity contribution in [1.29, 1.82) is 0 Å². The fourth-order valence-electron chi connectivity index (χ4n) is 2.46. The lowest BCUT2D eigenvalue weighted by Crippen LogP contribution is -2.35. The molecule has 118 valence electrons. The molecule has 0 unspecified atom stereocenters. The van der Waals surface area contributed by atoms with E-state index in [0.29, 0.717) is 11.3 Å². The highest BCUT2D eigenvalue weighted by atomic mass is 16.4. The lowest BCUT2D eigenvalue weighted by molar-refractivity contribution is 0.0983. The molecular formula is C20H15NO3. The average molecular weight is 317 g/mol. The van der Waals surface area contributed by atoms with Gasteiger partial charge in [-0.2, -0.15) is 0 Å². The van der Waals surface area contributed by atoms with Crippen LogP contribution in [0.2, 0.25) is 0 Å². The molecule has 3 aromatic rings. The maximum atomic E-state index is 12.5. The third-order valence-electron chi connectivity index (χ3n) is 3.65. The van der Waals surface area contributed by atoms with Crippen LogP contribution in [0.1, 0.15) is 10.4 Å². The van der Waals surface area contributed by atoms with Crippen LogP contribution >= 0.6 is 0 Å². The average Bonchev–Trinajstić information content (AvgIpc) is 2.63. The summed E-state index contributed by atoms with van der Waals surface area (Å²) in [5.41, 5.74) is 2.63. The second kappa shape index (κ2) is 6.79. The van der Waals surface area contributed by atoms with E-state index >= 15 is 0 Å². The number of carbonyl (C=O) groups excluding carboxylic acids is 1. The molecule has 0 spiro atoms. The van der Waals surface area contributed by atoms with Crippen molar-refractivity contribution in [2.45, 2.75) is 0 Å². The number of hydrogen-bond acceptors (Lipinski definition) is 2. The Morgan fingerprint density at radius 1 is 0.667 bits per heavy atom. The fraction of sp³-hybridized carbons (Fsp3) is 0. The van der Waals surface area contributed by atoms with Gasteiger partial charge in [0.25, 0.3) is 5.91 Å². The third-order valence-corrected chi connectivity index (χ3v) is 3.65. The summed E-state index contributed by atoms with van der Waals surface area (Å²) in [7, 11) is 0. The molecule has 4 nitrogen and oxygen atoms in total. The van der Waals surface area contributed by atoms with Gasteiger partial charge < -0.3 is 5.11 Å². The van der Waals surface area contributed by atoms with E-state index < -0.39 is 12.0 Å². The molecule has 0 aliphatic carbocycles. The first-order valence-electron chi connectivity index (χ1n) is 7.45. The molecule has 0 atom stereocenters. The van der Waals surface area contributed by atoms with Gasteiger partial charge in [0.05, 0.1) is 5.69 Å². The second-order valence-corrected chi connectivity index (χ2v) is 5.20. The first kappa shape index (κ1) is 15.5. The van der Waals surface area contributed by atoms with E-state index in [1.165, 1.54) is 0 Å². The molecule has 0 radical (unpaired) electrons. The Balaban J connectivity index is 1.93. The van der Waals surface area contributed by atoms with Crippen LogP contribution in [-0.2, 0) is 0 Å². The van der Waals surface area contributed by atoms with Gasteiger partial charge in [-0.25, -0.2) is 9.69 Å². The van der Waals surface area contributed by atoms with E-state index in [-0.39, 0.29) is 0 Å². The number of benzene rings is 3. The summed E-state index contributed by atoms with van der Waals surface area (Å²) in [5.74, 6) is -0.574. The van der Waals surface area contributed by atoms with Gasteiger partial charge in [-0.1, -0.05) is 60.7 Å². The molecule has 0 aliphatic heterocycles. The molecule has 0 saturated heterocycles. The van der Waals surface area contributed by atoms with Gasteiger partial charge in [-0.3, -0.25) is 4.79 Å². The van der Waals surface area contributed by atoms with Crippen LogP contribution in [0.5, 0.6) is 0 Å². The number of carboxylic acid groups (broad SMARTS) is 1. The number of nitrogens with zero attached hydrogens (tertiary/aromatic N) is 1. The summed E-state index contributed by atoms with van der Waals surface area (Å²) in [5, 5.41) is 9.45. The van der Waals surface area contributed by atoms with Crippen molar-refractivity contribution in [3.63, 3.8) is 0 Å². The number of carbonyl (C=O) groups is 2. The van der Waals surface area contributed by atoms with Crippen molar-refractivity contribution >= 4 is 17.7 Å². The van der Waals surface area contributed by atoms with E-state index in [0.717, 1.165) is 16.0 Å². The Labute approximate surface area is 139 Å². The van der Waals surface area contributed by atoms with Crippen molar-refractivity contribution in [3.8, 4) is 11.1 Å². The van der Waals surface area contributed by atoms with Gasteiger partial charge in [0.1, 0.15) is 0 Å². The van der Waals surface area contributed by atoms with E-state index in [1.807, 2.05) is 30.3 Å². The Morgan fingerprint density at radius 3 is 1.71 bits per heavy atom. The Bertz CT molecular complexity index is 843. The Morgan fingerprint density at radius 2 is 1.17 bits per heavy atom. The highest BCUT2D eigenvalue weighted by Crippen LogP contribution is 2.24. The molecule has 3 rings (SSSR count). The molecule has 0 fully saturated rings. The van der Waals surface area contributed by atoms with Gasteiger partial charge >= 0.3 is 6.09 Å². The minimum atomic E-state index is -1.31. The van der Waals surface area contributed by atoms with Crippen molar-refractivity contribution < 1.29 is 14.7 Å². The molecule has 0 heterocycles. The van der Waals surface area contributed by atoms with Crippen LogP contribution in [0, 0.1) is 0 Å². The van der Waals surface area contributed by atoms with Crippen LogP contribution in [0.15, 0.2) is 84.9 Å². The predicted octanol–water partition coefficient (Wildman–Crippen LogP) is 4.68. The monoisotopic (exact) mass is 317 g/mol. The van der Waals surface area contributed by atoms with Crippen LogP contribution in [-0.4, -0.2) is 17.1 Å². The van der Waals surface area contributed by atoms with Gasteiger partial charge in [0.2, 0.25) is 0 Å². The SMILES string of the molecule is O=C(O)N(C(=O)c1ccccc1)c1ccc(-c2ccccc2)cc1. The van der Waals surface area contributed by atoms with Crippen molar-refractivity contribution in [1.82, 2.24) is 0 Å². The van der Waals surface area contributed by atoms with E-state index in [2.05, 4.69) is 0 Å². The number of hydrogen-bond donors (Lipinski definition) is 1. The third kappa shape index (κ3) is 3.17. The quantitative estimate of drug-likeness (QED) is 0.763. The molecule has 2 amide bonds. The first-order valence-corrected chi connectivity index (χ1v) is 7.45. The smallest absolute Gasteiger partial charge is 0.419 e. The largest absolute Gasteiger partial charge is 0.464 e. The number of rotatable bonds is 3. The zero-order valence-electron chi connectivity index (χ0n) is 12.8. The summed E-state index contributed by atoms with van der Waals surface area (Å²) < 4.78 is 0. The molecule has 1 N–H and O–H groups in total. The number of imide groups is 1. The van der Waals surface area contributed by atoms with Crippen LogP contribution in [0.25, 0.3) is 11.1 Å². The lowest BCUT2D eigenvalue weighted by atomic mass is 10.1. The molecule has 0 saturated carbocycles. The predicted molar refractivity (Wildman–Crippen MR) is 93.2 cm³/mol.